The van der Waals surface area contributed by atoms with Crippen molar-refractivity contribution in [2.24, 2.45) is 0 Å². The third-order valence-electron chi connectivity index (χ3n) is 4.90. The minimum Gasteiger partial charge on any atom is -0.497 e. The summed E-state index contributed by atoms with van der Waals surface area (Å²) in [4.78, 5) is 21.5. The largest absolute Gasteiger partial charge is 0.497 e. The van der Waals surface area contributed by atoms with Gasteiger partial charge in [0, 0.05) is 18.3 Å². The molecule has 2 aromatic carbocycles. The van der Waals surface area contributed by atoms with E-state index in [2.05, 4.69) is 40.4 Å². The Morgan fingerprint density at radius 1 is 1.11 bits per heavy atom. The van der Waals surface area contributed by atoms with E-state index in [4.69, 9.17) is 4.74 Å². The normalized spacial score (nSPS) is 15.9. The van der Waals surface area contributed by atoms with E-state index < -0.39 is 0 Å². The van der Waals surface area contributed by atoms with Crippen molar-refractivity contribution >= 4 is 17.4 Å². The minimum absolute atomic E-state index is 0.110. The first kappa shape index (κ1) is 17.2. The Morgan fingerprint density at radius 3 is 2.67 bits per heavy atom. The summed E-state index contributed by atoms with van der Waals surface area (Å²) in [5, 5.41) is 3.19. The van der Waals surface area contributed by atoms with Crippen LogP contribution in [0.15, 0.2) is 54.7 Å². The maximum Gasteiger partial charge on any atom is 0.227 e. The molecule has 1 aliphatic carbocycles. The molecule has 0 radical (unpaired) electrons. The molecule has 1 heterocycles. The maximum atomic E-state index is 12.6. The molecule has 1 atom stereocenters. The van der Waals surface area contributed by atoms with Gasteiger partial charge in [0.05, 0.1) is 18.4 Å². The number of carbonyl (C=O) groups is 1. The number of hydrogen-bond acceptors (Lipinski definition) is 5. The zero-order valence-electron chi connectivity index (χ0n) is 15.4. The predicted octanol–water partition coefficient (Wildman–Crippen LogP) is 4.45. The fraction of sp³-hybridized carbons (Fsp3) is 0.227. The van der Waals surface area contributed by atoms with E-state index in [9.17, 15) is 4.79 Å². The van der Waals surface area contributed by atoms with Crippen LogP contribution in [0.25, 0.3) is 0 Å². The number of carbonyl (C=O) groups excluding carboxylic acids is 1. The van der Waals surface area contributed by atoms with Crippen LogP contribution in [-0.4, -0.2) is 22.9 Å². The highest BCUT2D eigenvalue weighted by molar-refractivity contribution is 5.98. The third-order valence-corrected chi connectivity index (χ3v) is 4.90. The van der Waals surface area contributed by atoms with E-state index in [1.54, 1.807) is 13.3 Å². The zero-order valence-corrected chi connectivity index (χ0v) is 15.4. The van der Waals surface area contributed by atoms with Gasteiger partial charge in [0.1, 0.15) is 5.75 Å². The highest BCUT2D eigenvalue weighted by Crippen LogP contribution is 2.32. The molecule has 0 saturated carbocycles. The molecule has 4 rings (SSSR count). The fourth-order valence-electron chi connectivity index (χ4n) is 3.47. The second-order valence-electron chi connectivity index (χ2n) is 6.85. The first-order chi connectivity index (χ1) is 13.1. The average Bonchev–Trinajstić information content (AvgIpc) is 2.68. The predicted molar refractivity (Wildman–Crippen MR) is 105 cm³/mol. The lowest BCUT2D eigenvalue weighted by atomic mass is 9.82. The monoisotopic (exact) mass is 359 g/mol. The molecule has 1 aromatic heterocycles. The summed E-state index contributed by atoms with van der Waals surface area (Å²) < 4.78 is 5.17. The minimum atomic E-state index is 0.110. The Labute approximate surface area is 158 Å². The molecule has 136 valence electrons. The van der Waals surface area contributed by atoms with Gasteiger partial charge < -0.3 is 10.1 Å². The van der Waals surface area contributed by atoms with Crippen LogP contribution >= 0.6 is 0 Å². The van der Waals surface area contributed by atoms with Gasteiger partial charge in [-0.15, -0.1) is 0 Å². The summed E-state index contributed by atoms with van der Waals surface area (Å²) in [5.74, 6) is 1.56. The molecule has 0 fully saturated rings. The number of methoxy groups -OCH3 is 1. The molecule has 0 saturated heterocycles. The Bertz CT molecular complexity index is 983. The molecule has 27 heavy (non-hydrogen) atoms. The third kappa shape index (κ3) is 3.67. The number of nitrogens with one attached hydrogen (secondary N) is 1. The SMILES string of the molecule is COc1ccc(Nc2ncc3c(n2)C[C@@H](c2cccc(C)c2)CC3=O)cc1. The Balaban J connectivity index is 1.58. The van der Waals surface area contributed by atoms with Crippen LogP contribution in [0.4, 0.5) is 11.6 Å². The summed E-state index contributed by atoms with van der Waals surface area (Å²) in [6, 6.07) is 15.9. The standard InChI is InChI=1S/C22H21N3O2/c1-14-4-3-5-15(10-14)16-11-20-19(21(26)12-16)13-23-22(25-20)24-17-6-8-18(27-2)9-7-17/h3-10,13,16H,11-12H2,1-2H3,(H,23,24,25)/t16-/m1/s1. The molecule has 0 amide bonds. The van der Waals surface area contributed by atoms with E-state index in [1.165, 1.54) is 11.1 Å². The molecule has 1 aliphatic rings. The summed E-state index contributed by atoms with van der Waals surface area (Å²) in [5.41, 5.74) is 4.71. The zero-order chi connectivity index (χ0) is 18.8. The van der Waals surface area contributed by atoms with E-state index in [0.29, 0.717) is 17.9 Å². The van der Waals surface area contributed by atoms with Crippen LogP contribution in [0.5, 0.6) is 5.75 Å². The Kier molecular flexibility index (Phi) is 4.59. The van der Waals surface area contributed by atoms with Crippen molar-refractivity contribution in [2.75, 3.05) is 12.4 Å². The van der Waals surface area contributed by atoms with Crippen LogP contribution < -0.4 is 10.1 Å². The summed E-state index contributed by atoms with van der Waals surface area (Å²) >= 11 is 0. The Hall–Kier alpha value is -3.21. The van der Waals surface area contributed by atoms with Gasteiger partial charge in [-0.25, -0.2) is 9.97 Å². The van der Waals surface area contributed by atoms with Crippen LogP contribution in [0, 0.1) is 6.92 Å². The molecule has 0 bridgehead atoms. The first-order valence-electron chi connectivity index (χ1n) is 8.99. The second kappa shape index (κ2) is 7.19. The number of aromatic nitrogens is 2. The van der Waals surface area contributed by atoms with E-state index >= 15 is 0 Å². The summed E-state index contributed by atoms with van der Waals surface area (Å²) in [6.45, 7) is 2.07. The summed E-state index contributed by atoms with van der Waals surface area (Å²) in [6.07, 6.45) is 2.89. The number of anilines is 2. The lowest BCUT2D eigenvalue weighted by Gasteiger charge is -2.23. The van der Waals surface area contributed by atoms with Crippen LogP contribution in [0.2, 0.25) is 0 Å². The highest BCUT2D eigenvalue weighted by Gasteiger charge is 2.28. The average molecular weight is 359 g/mol. The summed E-state index contributed by atoms with van der Waals surface area (Å²) in [7, 11) is 1.64. The number of nitrogens with zero attached hydrogens (tertiary/aromatic N) is 2. The van der Waals surface area contributed by atoms with E-state index in [1.807, 2.05) is 30.3 Å². The fourth-order valence-corrected chi connectivity index (χ4v) is 3.47. The quantitative estimate of drug-likeness (QED) is 0.745. The molecule has 1 N–H and O–H groups in total. The number of aryl methyl sites for hydroxylation is 1. The van der Waals surface area contributed by atoms with Crippen molar-refractivity contribution in [1.29, 1.82) is 0 Å². The van der Waals surface area contributed by atoms with Crippen molar-refractivity contribution < 1.29 is 9.53 Å². The number of Topliss-reactive ketones (excluding diaryl/α,β-unsaturated/α-hetero) is 1. The van der Waals surface area contributed by atoms with Crippen molar-refractivity contribution in [1.82, 2.24) is 9.97 Å². The lowest BCUT2D eigenvalue weighted by molar-refractivity contribution is 0.0962. The number of ketones is 1. The van der Waals surface area contributed by atoms with Crippen LogP contribution in [-0.2, 0) is 6.42 Å². The number of rotatable bonds is 4. The lowest BCUT2D eigenvalue weighted by Crippen LogP contribution is -2.21. The van der Waals surface area contributed by atoms with Gasteiger partial charge in [-0.05, 0) is 49.1 Å². The van der Waals surface area contributed by atoms with Gasteiger partial charge in [-0.3, -0.25) is 4.79 Å². The van der Waals surface area contributed by atoms with Crippen LogP contribution in [0.3, 0.4) is 0 Å². The number of hydrogen-bond donors (Lipinski definition) is 1. The molecular weight excluding hydrogens is 338 g/mol. The number of benzene rings is 2. The van der Waals surface area contributed by atoms with E-state index in [-0.39, 0.29) is 11.7 Å². The highest BCUT2D eigenvalue weighted by atomic mass is 16.5. The van der Waals surface area contributed by atoms with Gasteiger partial charge in [0.2, 0.25) is 5.95 Å². The van der Waals surface area contributed by atoms with E-state index in [0.717, 1.165) is 23.6 Å². The number of fused-ring (bicyclic) bond motifs is 1. The van der Waals surface area contributed by atoms with Crippen LogP contribution in [0.1, 0.15) is 39.5 Å². The van der Waals surface area contributed by atoms with Gasteiger partial charge in [-0.1, -0.05) is 29.8 Å². The molecule has 5 heteroatoms. The van der Waals surface area contributed by atoms with Gasteiger partial charge in [0.25, 0.3) is 0 Å². The van der Waals surface area contributed by atoms with Crippen molar-refractivity contribution in [3.8, 4) is 5.75 Å². The molecule has 5 nitrogen and oxygen atoms in total. The smallest absolute Gasteiger partial charge is 0.227 e. The maximum absolute atomic E-state index is 12.6. The van der Waals surface area contributed by atoms with Crippen molar-refractivity contribution in [3.05, 3.63) is 77.1 Å². The molecule has 0 unspecified atom stereocenters. The first-order valence-corrected chi connectivity index (χ1v) is 8.99. The molecular formula is C22H21N3O2. The molecule has 0 aliphatic heterocycles. The van der Waals surface area contributed by atoms with Gasteiger partial charge >= 0.3 is 0 Å². The molecule has 0 spiro atoms. The second-order valence-corrected chi connectivity index (χ2v) is 6.85. The van der Waals surface area contributed by atoms with Gasteiger partial charge in [0.15, 0.2) is 5.78 Å². The van der Waals surface area contributed by atoms with Crippen molar-refractivity contribution in [3.63, 3.8) is 0 Å². The Morgan fingerprint density at radius 2 is 1.93 bits per heavy atom. The topological polar surface area (TPSA) is 64.1 Å². The van der Waals surface area contributed by atoms with Crippen molar-refractivity contribution in [2.45, 2.75) is 25.7 Å². The molecule has 3 aromatic rings. The van der Waals surface area contributed by atoms with Gasteiger partial charge in [-0.2, -0.15) is 0 Å². The number of ether oxygens (including phenoxy) is 1.